The van der Waals surface area contributed by atoms with Crippen LogP contribution in [0.3, 0.4) is 0 Å². The summed E-state index contributed by atoms with van der Waals surface area (Å²) in [5.74, 6) is -1.12. The fourth-order valence-electron chi connectivity index (χ4n) is 3.26. The Morgan fingerprint density at radius 1 is 0.759 bits per heavy atom. The lowest BCUT2D eigenvalue weighted by atomic mass is 9.98. The van der Waals surface area contributed by atoms with Crippen LogP contribution in [0.2, 0.25) is 0 Å². The Morgan fingerprint density at radius 2 is 1.45 bits per heavy atom. The summed E-state index contributed by atoms with van der Waals surface area (Å²) in [4.78, 5) is 11.6. The molecule has 0 aromatic heterocycles. The van der Waals surface area contributed by atoms with Crippen molar-refractivity contribution in [3.05, 3.63) is 101 Å². The predicted molar refractivity (Wildman–Crippen MR) is 113 cm³/mol. The first-order valence-corrected chi connectivity index (χ1v) is 9.04. The molecule has 0 atom stereocenters. The van der Waals surface area contributed by atoms with Crippen molar-refractivity contribution in [1.82, 2.24) is 0 Å². The fraction of sp³-hybridized carbons (Fsp3) is 0. The zero-order chi connectivity index (χ0) is 20.4. The number of aromatic hydroxyl groups is 1. The highest BCUT2D eigenvalue weighted by Gasteiger charge is 2.10. The molecule has 0 fully saturated rings. The summed E-state index contributed by atoms with van der Waals surface area (Å²) in [7, 11) is 0. The summed E-state index contributed by atoms with van der Waals surface area (Å²) >= 11 is 0. The van der Waals surface area contributed by atoms with Gasteiger partial charge >= 0.3 is 5.97 Å². The number of hydrogen-bond donors (Lipinski definition) is 2. The molecule has 0 heterocycles. The number of halogens is 1. The van der Waals surface area contributed by atoms with E-state index in [4.69, 9.17) is 0 Å². The molecule has 0 aliphatic rings. The van der Waals surface area contributed by atoms with E-state index in [0.717, 1.165) is 27.5 Å². The Hall–Kier alpha value is -3.92. The van der Waals surface area contributed by atoms with Gasteiger partial charge in [-0.25, -0.2) is 9.18 Å². The maximum absolute atomic E-state index is 13.2. The van der Waals surface area contributed by atoms with Crippen molar-refractivity contribution in [1.29, 1.82) is 0 Å². The van der Waals surface area contributed by atoms with Gasteiger partial charge in [0.05, 0.1) is 5.56 Å². The van der Waals surface area contributed by atoms with Gasteiger partial charge in [-0.15, -0.1) is 0 Å². The largest absolute Gasteiger partial charge is 0.508 e. The van der Waals surface area contributed by atoms with Gasteiger partial charge in [0.2, 0.25) is 0 Å². The topological polar surface area (TPSA) is 57.5 Å². The van der Waals surface area contributed by atoms with E-state index in [1.807, 2.05) is 30.3 Å². The summed E-state index contributed by atoms with van der Waals surface area (Å²) in [6.07, 6.45) is 3.61. The van der Waals surface area contributed by atoms with Crippen molar-refractivity contribution in [3.63, 3.8) is 0 Å². The van der Waals surface area contributed by atoms with Crippen molar-refractivity contribution in [3.8, 4) is 16.9 Å². The van der Waals surface area contributed by atoms with Crippen LogP contribution in [0.15, 0.2) is 78.9 Å². The lowest BCUT2D eigenvalue weighted by Gasteiger charge is -2.07. The van der Waals surface area contributed by atoms with Gasteiger partial charge in [0.25, 0.3) is 0 Å². The molecule has 0 aliphatic heterocycles. The molecule has 0 saturated heterocycles. The monoisotopic (exact) mass is 384 g/mol. The van der Waals surface area contributed by atoms with Crippen LogP contribution in [0, 0.1) is 5.82 Å². The molecule has 0 unspecified atom stereocenters. The third kappa shape index (κ3) is 4.01. The Kier molecular flexibility index (Phi) is 4.83. The molecule has 3 nitrogen and oxygen atoms in total. The molecule has 4 rings (SSSR count). The van der Waals surface area contributed by atoms with Gasteiger partial charge in [0.1, 0.15) is 11.6 Å². The number of carboxylic acids is 1. The lowest BCUT2D eigenvalue weighted by molar-refractivity contribution is 0.0696. The summed E-state index contributed by atoms with van der Waals surface area (Å²) in [5, 5.41) is 21.0. The highest BCUT2D eigenvalue weighted by atomic mass is 19.1. The van der Waals surface area contributed by atoms with Crippen molar-refractivity contribution in [2.75, 3.05) is 0 Å². The Balaban J connectivity index is 1.72. The van der Waals surface area contributed by atoms with E-state index < -0.39 is 5.97 Å². The smallest absolute Gasteiger partial charge is 0.336 e. The highest BCUT2D eigenvalue weighted by Crippen LogP contribution is 2.26. The van der Waals surface area contributed by atoms with Gasteiger partial charge in [-0.1, -0.05) is 48.6 Å². The van der Waals surface area contributed by atoms with E-state index >= 15 is 0 Å². The van der Waals surface area contributed by atoms with Crippen LogP contribution in [0.5, 0.6) is 5.75 Å². The molecule has 0 amide bonds. The molecule has 4 aromatic rings. The van der Waals surface area contributed by atoms with E-state index in [1.165, 1.54) is 12.1 Å². The minimum Gasteiger partial charge on any atom is -0.508 e. The number of phenols is 1. The minimum atomic E-state index is -1.01. The number of fused-ring (bicyclic) bond motifs is 1. The zero-order valence-corrected chi connectivity index (χ0v) is 15.3. The lowest BCUT2D eigenvalue weighted by Crippen LogP contribution is -1.99. The minimum absolute atomic E-state index is 0.192. The number of aromatic carboxylic acids is 1. The average molecular weight is 384 g/mol. The van der Waals surface area contributed by atoms with Crippen LogP contribution in [-0.2, 0) is 0 Å². The zero-order valence-electron chi connectivity index (χ0n) is 15.3. The van der Waals surface area contributed by atoms with E-state index in [9.17, 15) is 19.4 Å². The van der Waals surface area contributed by atoms with E-state index in [1.54, 1.807) is 48.5 Å². The first-order chi connectivity index (χ1) is 14.0. The van der Waals surface area contributed by atoms with Crippen LogP contribution < -0.4 is 0 Å². The second-order valence-electron chi connectivity index (χ2n) is 6.74. The number of rotatable bonds is 4. The number of phenolic OH excluding ortho intramolecular Hbond substituents is 1. The van der Waals surface area contributed by atoms with E-state index in [2.05, 4.69) is 0 Å². The van der Waals surface area contributed by atoms with Crippen LogP contribution in [0.1, 0.15) is 21.5 Å². The van der Waals surface area contributed by atoms with Gasteiger partial charge in [0.15, 0.2) is 0 Å². The highest BCUT2D eigenvalue weighted by molar-refractivity contribution is 5.95. The first-order valence-electron chi connectivity index (χ1n) is 9.04. The van der Waals surface area contributed by atoms with Crippen LogP contribution in [0.25, 0.3) is 34.1 Å². The molecule has 29 heavy (non-hydrogen) atoms. The molecule has 0 saturated carbocycles. The average Bonchev–Trinajstić information content (AvgIpc) is 2.72. The predicted octanol–water partition coefficient (Wildman–Crippen LogP) is 6.22. The van der Waals surface area contributed by atoms with Gasteiger partial charge in [0, 0.05) is 0 Å². The Bertz CT molecular complexity index is 1240. The van der Waals surface area contributed by atoms with E-state index in [0.29, 0.717) is 5.56 Å². The van der Waals surface area contributed by atoms with Crippen molar-refractivity contribution in [2.45, 2.75) is 0 Å². The Morgan fingerprint density at radius 3 is 2.21 bits per heavy atom. The van der Waals surface area contributed by atoms with Crippen LogP contribution in [-0.4, -0.2) is 16.2 Å². The molecule has 4 heteroatoms. The Labute approximate surface area is 167 Å². The molecule has 0 bridgehead atoms. The van der Waals surface area contributed by atoms with Gasteiger partial charge in [-0.2, -0.15) is 0 Å². The quantitative estimate of drug-likeness (QED) is 0.411. The van der Waals surface area contributed by atoms with Gasteiger partial charge < -0.3 is 10.2 Å². The second kappa shape index (κ2) is 7.60. The SMILES string of the molecule is O=C(O)c1ccc(-c2ccc(F)cc2)cc1C=Cc1ccc2cc(O)ccc2c1. The molecule has 142 valence electrons. The fourth-order valence-corrected chi connectivity index (χ4v) is 3.26. The number of carbonyl (C=O) groups is 1. The van der Waals surface area contributed by atoms with Crippen molar-refractivity contribution >= 4 is 28.9 Å². The summed E-state index contributed by atoms with van der Waals surface area (Å²) in [5.41, 5.74) is 3.28. The number of carboxylic acid groups (broad SMARTS) is 1. The van der Waals surface area contributed by atoms with Crippen LogP contribution >= 0.6 is 0 Å². The van der Waals surface area contributed by atoms with Gasteiger partial charge in [-0.3, -0.25) is 0 Å². The number of hydrogen-bond acceptors (Lipinski definition) is 2. The second-order valence-corrected chi connectivity index (χ2v) is 6.74. The van der Waals surface area contributed by atoms with Crippen molar-refractivity contribution in [2.24, 2.45) is 0 Å². The normalized spacial score (nSPS) is 11.2. The third-order valence-corrected chi connectivity index (χ3v) is 4.76. The number of benzene rings is 4. The molecular weight excluding hydrogens is 367 g/mol. The molecule has 0 radical (unpaired) electrons. The van der Waals surface area contributed by atoms with Gasteiger partial charge in [-0.05, 0) is 75.5 Å². The van der Waals surface area contributed by atoms with Crippen LogP contribution in [0.4, 0.5) is 4.39 Å². The molecule has 2 N–H and O–H groups in total. The first kappa shape index (κ1) is 18.4. The molecule has 4 aromatic carbocycles. The molecular formula is C25H17FO3. The van der Waals surface area contributed by atoms with Crippen molar-refractivity contribution < 1.29 is 19.4 Å². The maximum atomic E-state index is 13.2. The summed E-state index contributed by atoms with van der Waals surface area (Å²) in [6.45, 7) is 0. The molecule has 0 aliphatic carbocycles. The maximum Gasteiger partial charge on any atom is 0.336 e. The third-order valence-electron chi connectivity index (χ3n) is 4.76. The summed E-state index contributed by atoms with van der Waals surface area (Å²) < 4.78 is 13.2. The standard InChI is InChI=1S/C25H17FO3/c26-22-9-5-17(6-10-22)19-8-12-24(25(28)29)21(14-19)4-2-16-1-3-20-15-23(27)11-7-18(20)13-16/h1-15,27H,(H,28,29). The molecule has 0 spiro atoms. The van der Waals surface area contributed by atoms with E-state index in [-0.39, 0.29) is 17.1 Å². The summed E-state index contributed by atoms with van der Waals surface area (Å²) in [6, 6.07) is 22.1.